The summed E-state index contributed by atoms with van der Waals surface area (Å²) < 4.78 is 5.45. The van der Waals surface area contributed by atoms with Crippen molar-refractivity contribution in [1.82, 2.24) is 4.90 Å². The van der Waals surface area contributed by atoms with Gasteiger partial charge in [0, 0.05) is 36.3 Å². The van der Waals surface area contributed by atoms with Crippen molar-refractivity contribution in [2.45, 2.75) is 47.1 Å². The summed E-state index contributed by atoms with van der Waals surface area (Å²) in [6.07, 6.45) is 0. The highest BCUT2D eigenvalue weighted by molar-refractivity contribution is 5.93. The van der Waals surface area contributed by atoms with Crippen molar-refractivity contribution in [1.29, 1.82) is 0 Å². The van der Waals surface area contributed by atoms with E-state index < -0.39 is 5.63 Å². The maximum absolute atomic E-state index is 12.7. The molecule has 0 fully saturated rings. The minimum Gasteiger partial charge on any atom is -0.423 e. The average molecular weight is 450 g/mol. The van der Waals surface area contributed by atoms with E-state index in [4.69, 9.17) is 4.42 Å². The Bertz CT molecular complexity index is 1210. The van der Waals surface area contributed by atoms with Crippen molar-refractivity contribution in [2.75, 3.05) is 23.7 Å². The van der Waals surface area contributed by atoms with Gasteiger partial charge in [0.05, 0.1) is 6.54 Å². The predicted octanol–water partition coefficient (Wildman–Crippen LogP) is 4.64. The van der Waals surface area contributed by atoms with Gasteiger partial charge in [0.25, 0.3) is 0 Å². The zero-order valence-corrected chi connectivity index (χ0v) is 19.8. The summed E-state index contributed by atoms with van der Waals surface area (Å²) in [5, 5.41) is 6.47. The van der Waals surface area contributed by atoms with Crippen molar-refractivity contribution in [3.8, 4) is 0 Å². The second kappa shape index (κ2) is 10.4. The molecule has 0 saturated heterocycles. The van der Waals surface area contributed by atoms with Crippen LogP contribution in [0.15, 0.2) is 51.7 Å². The molecule has 7 heteroatoms. The molecule has 174 valence electrons. The van der Waals surface area contributed by atoms with Crippen molar-refractivity contribution in [2.24, 2.45) is 0 Å². The monoisotopic (exact) mass is 449 g/mol. The molecule has 0 radical (unpaired) electrons. The predicted molar refractivity (Wildman–Crippen MR) is 132 cm³/mol. The molecule has 2 N–H and O–H groups in total. The maximum atomic E-state index is 12.7. The van der Waals surface area contributed by atoms with E-state index in [1.165, 1.54) is 18.6 Å². The first-order valence-corrected chi connectivity index (χ1v) is 11.1. The number of hydrogen-bond acceptors (Lipinski definition) is 5. The summed E-state index contributed by atoms with van der Waals surface area (Å²) in [5.41, 5.74) is 4.63. The molecule has 3 rings (SSSR count). The summed E-state index contributed by atoms with van der Waals surface area (Å²) in [5.74, 6) is 0.0397. The van der Waals surface area contributed by atoms with E-state index >= 15 is 0 Å². The second-order valence-electron chi connectivity index (χ2n) is 8.56. The standard InChI is InChI=1S/C26H31N3O4/c1-6-29(15-25(31)28-21-9-7-20(8-10-21)27-18(5)30)14-19-12-26(32)33-24-11-17(4)22(16(2)3)13-23(19)24/h7-13,16H,6,14-15H2,1-5H3,(H,27,30)(H,28,31). The van der Waals surface area contributed by atoms with Crippen LogP contribution in [0.4, 0.5) is 11.4 Å². The highest BCUT2D eigenvalue weighted by Gasteiger charge is 2.15. The summed E-state index contributed by atoms with van der Waals surface area (Å²) >= 11 is 0. The van der Waals surface area contributed by atoms with Gasteiger partial charge in [0.2, 0.25) is 11.8 Å². The normalized spacial score (nSPS) is 11.2. The Hall–Kier alpha value is -3.45. The number of fused-ring (bicyclic) bond motifs is 1. The van der Waals surface area contributed by atoms with Crippen LogP contribution in [-0.2, 0) is 16.1 Å². The van der Waals surface area contributed by atoms with Crippen LogP contribution in [0, 0.1) is 6.92 Å². The summed E-state index contributed by atoms with van der Waals surface area (Å²) in [4.78, 5) is 37.9. The van der Waals surface area contributed by atoms with Gasteiger partial charge in [-0.05, 0) is 72.5 Å². The lowest BCUT2D eigenvalue weighted by Gasteiger charge is -2.21. The van der Waals surface area contributed by atoms with E-state index in [0.29, 0.717) is 36.0 Å². The largest absolute Gasteiger partial charge is 0.423 e. The van der Waals surface area contributed by atoms with E-state index in [1.54, 1.807) is 24.3 Å². The minimum atomic E-state index is -0.394. The Labute approximate surface area is 193 Å². The summed E-state index contributed by atoms with van der Waals surface area (Å²) in [7, 11) is 0. The van der Waals surface area contributed by atoms with Gasteiger partial charge in [0.1, 0.15) is 5.58 Å². The lowest BCUT2D eigenvalue weighted by Crippen LogP contribution is -2.33. The third-order valence-corrected chi connectivity index (χ3v) is 5.54. The van der Waals surface area contributed by atoms with E-state index in [0.717, 1.165) is 16.5 Å². The molecular formula is C26H31N3O4. The number of hydrogen-bond donors (Lipinski definition) is 2. The highest BCUT2D eigenvalue weighted by Crippen LogP contribution is 2.27. The van der Waals surface area contributed by atoms with Gasteiger partial charge >= 0.3 is 5.63 Å². The molecular weight excluding hydrogens is 418 g/mol. The van der Waals surface area contributed by atoms with Crippen LogP contribution >= 0.6 is 0 Å². The van der Waals surface area contributed by atoms with Crippen LogP contribution in [0.2, 0.25) is 0 Å². The Morgan fingerprint density at radius 2 is 1.67 bits per heavy atom. The summed E-state index contributed by atoms with van der Waals surface area (Å²) in [6.45, 7) is 11.0. The number of amides is 2. The topological polar surface area (TPSA) is 91.7 Å². The molecule has 1 aromatic heterocycles. The van der Waals surface area contributed by atoms with Crippen LogP contribution in [0.3, 0.4) is 0 Å². The van der Waals surface area contributed by atoms with Crippen molar-refractivity contribution in [3.63, 3.8) is 0 Å². The zero-order valence-electron chi connectivity index (χ0n) is 19.8. The molecule has 7 nitrogen and oxygen atoms in total. The van der Waals surface area contributed by atoms with Gasteiger partial charge in [-0.15, -0.1) is 0 Å². The first-order chi connectivity index (χ1) is 15.7. The van der Waals surface area contributed by atoms with Gasteiger partial charge < -0.3 is 15.1 Å². The average Bonchev–Trinajstić information content (AvgIpc) is 2.73. The molecule has 1 heterocycles. The number of carbonyl (C=O) groups is 2. The van der Waals surface area contributed by atoms with Gasteiger partial charge in [0.15, 0.2) is 0 Å². The number of likely N-dealkylation sites (N-methyl/N-ethyl adjacent to an activating group) is 1. The smallest absolute Gasteiger partial charge is 0.336 e. The number of anilines is 2. The molecule has 2 aromatic carbocycles. The van der Waals surface area contributed by atoms with Crippen LogP contribution in [0.1, 0.15) is 50.3 Å². The quantitative estimate of drug-likeness (QED) is 0.489. The van der Waals surface area contributed by atoms with Crippen LogP contribution in [0.5, 0.6) is 0 Å². The van der Waals surface area contributed by atoms with Crippen molar-refractivity contribution in [3.05, 3.63) is 69.6 Å². The first kappa shape index (κ1) is 24.2. The number of nitrogens with one attached hydrogen (secondary N) is 2. The first-order valence-electron chi connectivity index (χ1n) is 11.1. The zero-order chi connectivity index (χ0) is 24.1. The van der Waals surface area contributed by atoms with Gasteiger partial charge in [-0.25, -0.2) is 4.79 Å². The molecule has 0 aliphatic rings. The molecule has 2 amide bonds. The van der Waals surface area contributed by atoms with Crippen LogP contribution < -0.4 is 16.3 Å². The lowest BCUT2D eigenvalue weighted by atomic mass is 9.95. The van der Waals surface area contributed by atoms with Crippen LogP contribution in [0.25, 0.3) is 11.0 Å². The van der Waals surface area contributed by atoms with Gasteiger partial charge in [-0.2, -0.15) is 0 Å². The Kier molecular flexibility index (Phi) is 7.66. The number of benzene rings is 2. The van der Waals surface area contributed by atoms with Gasteiger partial charge in [-0.3, -0.25) is 14.5 Å². The third-order valence-electron chi connectivity index (χ3n) is 5.54. The van der Waals surface area contributed by atoms with E-state index in [2.05, 4.69) is 30.5 Å². The third kappa shape index (κ3) is 6.29. The fourth-order valence-electron chi connectivity index (χ4n) is 3.91. The number of carbonyl (C=O) groups excluding carboxylic acids is 2. The molecule has 3 aromatic rings. The molecule has 0 bridgehead atoms. The van der Waals surface area contributed by atoms with Crippen molar-refractivity contribution >= 4 is 34.2 Å². The number of nitrogens with zero attached hydrogens (tertiary/aromatic N) is 1. The fraction of sp³-hybridized carbons (Fsp3) is 0.346. The SMILES string of the molecule is CCN(CC(=O)Nc1ccc(NC(C)=O)cc1)Cc1cc(=O)oc2cc(C)c(C(C)C)cc12. The van der Waals surface area contributed by atoms with Crippen molar-refractivity contribution < 1.29 is 14.0 Å². The maximum Gasteiger partial charge on any atom is 0.336 e. The Morgan fingerprint density at radius 3 is 2.24 bits per heavy atom. The lowest BCUT2D eigenvalue weighted by molar-refractivity contribution is -0.117. The molecule has 33 heavy (non-hydrogen) atoms. The number of aryl methyl sites for hydroxylation is 1. The molecule has 0 atom stereocenters. The van der Waals surface area contributed by atoms with Gasteiger partial charge in [-0.1, -0.05) is 20.8 Å². The van der Waals surface area contributed by atoms with E-state index in [-0.39, 0.29) is 18.4 Å². The summed E-state index contributed by atoms with van der Waals surface area (Å²) in [6, 6.07) is 12.5. The molecule has 0 unspecified atom stereocenters. The highest BCUT2D eigenvalue weighted by atomic mass is 16.4. The Morgan fingerprint density at radius 1 is 1.03 bits per heavy atom. The van der Waals surface area contributed by atoms with E-state index in [1.807, 2.05) is 24.8 Å². The number of rotatable bonds is 8. The van der Waals surface area contributed by atoms with E-state index in [9.17, 15) is 14.4 Å². The fourth-order valence-corrected chi connectivity index (χ4v) is 3.91. The second-order valence-corrected chi connectivity index (χ2v) is 8.56. The Balaban J connectivity index is 1.76. The molecule has 0 saturated carbocycles. The molecule has 0 aliphatic carbocycles. The molecule has 0 spiro atoms. The van der Waals surface area contributed by atoms with Crippen LogP contribution in [-0.4, -0.2) is 29.8 Å². The minimum absolute atomic E-state index is 0.150. The molecule has 0 aliphatic heterocycles.